The van der Waals surface area contributed by atoms with Crippen LogP contribution in [-0.2, 0) is 20.2 Å². The van der Waals surface area contributed by atoms with Crippen molar-refractivity contribution in [3.05, 3.63) is 0 Å². The fraction of sp³-hybridized carbons (Fsp3) is 0.667. The normalized spacial score (nSPS) is 9.12. The van der Waals surface area contributed by atoms with E-state index < -0.39 is 10.7 Å². The van der Waals surface area contributed by atoms with Gasteiger partial charge in [-0.2, -0.15) is 0 Å². The molecule has 8 heavy (non-hydrogen) atoms. The molecule has 0 amide bonds. The number of hydrogen-bond acceptors (Lipinski definition) is 4. The fourth-order valence-corrected chi connectivity index (χ4v) is 0.430. The second kappa shape index (κ2) is 4.58. The van der Waals surface area contributed by atoms with E-state index in [9.17, 15) is 13.2 Å². The van der Waals surface area contributed by atoms with E-state index in [-0.39, 0.29) is 18.8 Å². The third-order valence-corrected chi connectivity index (χ3v) is 1.01. The molecule has 48 valence electrons. The number of carbonyl (C=O) groups excluding carboxylic acids is 1. The van der Waals surface area contributed by atoms with Crippen LogP contribution in [0.5, 0.6) is 0 Å². The maximum atomic E-state index is 9.72. The van der Waals surface area contributed by atoms with Crippen LogP contribution in [-0.4, -0.2) is 27.2 Å². The van der Waals surface area contributed by atoms with Gasteiger partial charge >= 0.3 is 0 Å². The Morgan fingerprint density at radius 2 is 2.12 bits per heavy atom. The summed E-state index contributed by atoms with van der Waals surface area (Å²) in [6.07, 6.45) is 0. The summed E-state index contributed by atoms with van der Waals surface area (Å²) in [5.74, 6) is -0.0892. The summed E-state index contributed by atoms with van der Waals surface area (Å²) in [7, 11) is -2.40. The summed E-state index contributed by atoms with van der Waals surface area (Å²) in [6, 6.07) is 0. The van der Waals surface area contributed by atoms with Crippen LogP contribution >= 0.6 is 0 Å². The molecule has 0 aliphatic carbocycles. The van der Waals surface area contributed by atoms with Crippen LogP contribution in [0, 0.1) is 0 Å². The lowest BCUT2D eigenvalue weighted by molar-refractivity contribution is -0.128. The Kier molecular flexibility index (Phi) is 4.24. The van der Waals surface area contributed by atoms with Crippen molar-refractivity contribution in [1.29, 1.82) is 0 Å². The van der Waals surface area contributed by atoms with Gasteiger partial charge in [-0.3, -0.25) is 4.79 Å². The Balaban J connectivity index is 3.05. The summed E-state index contributed by atoms with van der Waals surface area (Å²) < 4.78 is 23.5. The molecule has 0 aromatic carbocycles. The van der Waals surface area contributed by atoms with Gasteiger partial charge in [0.2, 0.25) is 0 Å². The van der Waals surface area contributed by atoms with Crippen molar-refractivity contribution in [2.75, 3.05) is 12.4 Å². The van der Waals surface area contributed by atoms with Gasteiger partial charge in [0.25, 0.3) is 6.47 Å². The van der Waals surface area contributed by atoms with Gasteiger partial charge in [0, 0.05) is 0 Å². The Labute approximate surface area is 48.4 Å². The highest BCUT2D eigenvalue weighted by Crippen LogP contribution is 1.67. The molecule has 0 atom stereocenters. The molecule has 0 aromatic heterocycles. The van der Waals surface area contributed by atoms with Gasteiger partial charge in [-0.15, -0.1) is 0 Å². The molecule has 0 N–H and O–H groups in total. The van der Waals surface area contributed by atoms with Crippen LogP contribution in [0.25, 0.3) is 0 Å². The highest BCUT2D eigenvalue weighted by molar-refractivity contribution is 7.72. The van der Waals surface area contributed by atoms with Crippen LogP contribution in [0.4, 0.5) is 0 Å². The summed E-state index contributed by atoms with van der Waals surface area (Å²) >= 11 is 0. The summed E-state index contributed by atoms with van der Waals surface area (Å²) in [6.45, 7) is 0.182. The predicted octanol–water partition coefficient (Wildman–Crippen LogP) is -1.23. The first-order valence-electron chi connectivity index (χ1n) is 1.94. The minimum absolute atomic E-state index is 0.0395. The average molecular weight is 138 g/mol. The third-order valence-electron chi connectivity index (χ3n) is 0.460. The molecule has 0 aliphatic rings. The number of carbonyl (C=O) groups is 1. The minimum atomic E-state index is -2.40. The Bertz CT molecular complexity index is 119. The number of thiol groups is 1. The molecule has 0 unspecified atom stereocenters. The molecule has 0 aliphatic heterocycles. The quantitative estimate of drug-likeness (QED) is 0.300. The van der Waals surface area contributed by atoms with Gasteiger partial charge in [0.05, 0.1) is 5.75 Å². The lowest BCUT2D eigenvalue weighted by atomic mass is 10.9. The van der Waals surface area contributed by atoms with Gasteiger partial charge in [-0.1, -0.05) is 0 Å². The van der Waals surface area contributed by atoms with Crippen LogP contribution in [0.3, 0.4) is 0 Å². The molecule has 0 spiro atoms. The highest BCUT2D eigenvalue weighted by atomic mass is 32.2. The van der Waals surface area contributed by atoms with Crippen molar-refractivity contribution in [3.63, 3.8) is 0 Å². The number of ether oxygens (including phenoxy) is 1. The lowest BCUT2D eigenvalue weighted by Gasteiger charge is -1.87. The minimum Gasteiger partial charge on any atom is -0.467 e. The monoisotopic (exact) mass is 138 g/mol. The van der Waals surface area contributed by atoms with Gasteiger partial charge in [-0.25, -0.2) is 8.42 Å². The first-order valence-corrected chi connectivity index (χ1v) is 3.30. The molecule has 0 bridgehead atoms. The van der Waals surface area contributed by atoms with Gasteiger partial charge in [0.15, 0.2) is 0 Å². The van der Waals surface area contributed by atoms with Gasteiger partial charge in [0.1, 0.15) is 17.3 Å². The van der Waals surface area contributed by atoms with Crippen molar-refractivity contribution in [1.82, 2.24) is 0 Å². The number of hydrogen-bond donors (Lipinski definition) is 1. The Morgan fingerprint density at radius 1 is 1.50 bits per heavy atom. The van der Waals surface area contributed by atoms with Crippen LogP contribution in [0.15, 0.2) is 0 Å². The molecule has 0 fully saturated rings. The first-order chi connectivity index (χ1) is 3.77. The van der Waals surface area contributed by atoms with E-state index in [4.69, 9.17) is 0 Å². The maximum Gasteiger partial charge on any atom is 0.293 e. The highest BCUT2D eigenvalue weighted by Gasteiger charge is 1.84. The maximum absolute atomic E-state index is 9.72. The van der Waals surface area contributed by atoms with Crippen molar-refractivity contribution in [2.45, 2.75) is 0 Å². The van der Waals surface area contributed by atoms with E-state index in [2.05, 4.69) is 4.74 Å². The van der Waals surface area contributed by atoms with Gasteiger partial charge in [-0.05, 0) is 0 Å². The van der Waals surface area contributed by atoms with Crippen molar-refractivity contribution < 1.29 is 17.9 Å². The molecular formula is C3H6O4S. The fourth-order valence-electron chi connectivity index (χ4n) is 0.175. The standard InChI is InChI=1S/C3H6O4S/c4-3-7-1-2-8(5)6/h3,8H,1-2H2. The molecule has 0 aromatic rings. The third kappa shape index (κ3) is 5.42. The van der Waals surface area contributed by atoms with Crippen LogP contribution in [0.2, 0.25) is 0 Å². The Hall–Kier alpha value is -0.580. The second-order valence-electron chi connectivity index (χ2n) is 1.02. The average Bonchev–Trinajstić information content (AvgIpc) is 1.66. The van der Waals surface area contributed by atoms with Crippen LogP contribution < -0.4 is 0 Å². The molecule has 0 saturated heterocycles. The Morgan fingerprint density at radius 3 is 2.50 bits per heavy atom. The molecule has 0 heterocycles. The molecular weight excluding hydrogens is 132 g/mol. The predicted molar refractivity (Wildman–Crippen MR) is 27.2 cm³/mol. The molecule has 5 heteroatoms. The van der Waals surface area contributed by atoms with E-state index in [0.29, 0.717) is 0 Å². The van der Waals surface area contributed by atoms with Crippen molar-refractivity contribution >= 4 is 17.2 Å². The molecule has 4 nitrogen and oxygen atoms in total. The summed E-state index contributed by atoms with van der Waals surface area (Å²) in [5, 5.41) is 0. The largest absolute Gasteiger partial charge is 0.467 e. The first kappa shape index (κ1) is 7.42. The number of rotatable bonds is 4. The van der Waals surface area contributed by atoms with Gasteiger partial charge < -0.3 is 4.74 Å². The van der Waals surface area contributed by atoms with E-state index in [1.807, 2.05) is 0 Å². The zero-order valence-corrected chi connectivity index (χ0v) is 4.97. The zero-order valence-electron chi connectivity index (χ0n) is 4.07. The molecule has 0 radical (unpaired) electrons. The van der Waals surface area contributed by atoms with E-state index in [1.54, 1.807) is 0 Å². The van der Waals surface area contributed by atoms with Crippen molar-refractivity contribution in [2.24, 2.45) is 0 Å². The summed E-state index contributed by atoms with van der Waals surface area (Å²) in [4.78, 5) is 9.37. The van der Waals surface area contributed by atoms with E-state index in [1.165, 1.54) is 0 Å². The van der Waals surface area contributed by atoms with E-state index in [0.717, 1.165) is 0 Å². The van der Waals surface area contributed by atoms with Crippen molar-refractivity contribution in [3.8, 4) is 0 Å². The topological polar surface area (TPSA) is 60.4 Å². The van der Waals surface area contributed by atoms with E-state index >= 15 is 0 Å². The zero-order chi connectivity index (χ0) is 6.41. The summed E-state index contributed by atoms with van der Waals surface area (Å²) in [5.41, 5.74) is 0. The molecule has 0 rings (SSSR count). The molecule has 0 saturated carbocycles. The van der Waals surface area contributed by atoms with Crippen LogP contribution in [0.1, 0.15) is 0 Å². The smallest absolute Gasteiger partial charge is 0.293 e. The lowest BCUT2D eigenvalue weighted by Crippen LogP contribution is -1.98. The second-order valence-corrected chi connectivity index (χ2v) is 2.14. The SMILES string of the molecule is O=COCC[SH](=O)=O.